The molecule has 0 radical (unpaired) electrons. The Morgan fingerprint density at radius 2 is 1.48 bits per heavy atom. The van der Waals surface area contributed by atoms with Gasteiger partial charge in [0.2, 0.25) is 0 Å². The minimum absolute atomic E-state index is 0.153. The second-order valence-electron chi connectivity index (χ2n) is 9.01. The van der Waals surface area contributed by atoms with Crippen molar-refractivity contribution in [2.24, 2.45) is 23.2 Å². The number of carbonyl (C=O) groups excluding carboxylic acids is 2. The number of quaternary nitrogens is 1. The van der Waals surface area contributed by atoms with E-state index < -0.39 is 5.97 Å². The minimum Gasteiger partial charge on any atom is -0.457 e. The molecule has 23 heavy (non-hydrogen) atoms. The molecule has 5 nitrogen and oxygen atoms in total. The normalized spacial score (nSPS) is 35.2. The maximum absolute atomic E-state index is 12.6. The van der Waals surface area contributed by atoms with Crippen LogP contribution in [0, 0.1) is 23.2 Å². The summed E-state index contributed by atoms with van der Waals surface area (Å²) in [5.74, 6) is 1.51. The molecular formula is C18H30NO4+. The van der Waals surface area contributed by atoms with E-state index in [0.29, 0.717) is 24.4 Å². The topological polar surface area (TPSA) is 52.6 Å². The van der Waals surface area contributed by atoms with Crippen LogP contribution < -0.4 is 0 Å². The van der Waals surface area contributed by atoms with E-state index in [9.17, 15) is 9.59 Å². The maximum Gasteiger partial charge on any atom is 0.344 e. The van der Waals surface area contributed by atoms with Crippen molar-refractivity contribution in [1.82, 2.24) is 0 Å². The van der Waals surface area contributed by atoms with Crippen LogP contribution in [-0.2, 0) is 19.1 Å². The van der Waals surface area contributed by atoms with Gasteiger partial charge in [0.15, 0.2) is 6.61 Å². The van der Waals surface area contributed by atoms with Gasteiger partial charge >= 0.3 is 11.9 Å². The zero-order chi connectivity index (χ0) is 16.7. The molecule has 0 aromatic carbocycles. The molecule has 0 spiro atoms. The number of carbonyl (C=O) groups is 2. The summed E-state index contributed by atoms with van der Waals surface area (Å²) in [6.07, 6.45) is 6.77. The summed E-state index contributed by atoms with van der Waals surface area (Å²) in [5, 5.41) is 0. The molecule has 4 aliphatic carbocycles. The molecule has 0 atom stereocenters. The van der Waals surface area contributed by atoms with Crippen molar-refractivity contribution in [3.63, 3.8) is 0 Å². The van der Waals surface area contributed by atoms with E-state index in [0.717, 1.165) is 30.3 Å². The largest absolute Gasteiger partial charge is 0.457 e. The number of nitrogens with zero attached hydrogens (tertiary/aromatic N) is 1. The summed E-state index contributed by atoms with van der Waals surface area (Å²) in [4.78, 5) is 24.4. The lowest BCUT2D eigenvalue weighted by molar-refractivity contribution is -0.870. The van der Waals surface area contributed by atoms with Gasteiger partial charge in [-0.25, -0.2) is 4.79 Å². The Labute approximate surface area is 138 Å². The fraction of sp³-hybridized carbons (Fsp3) is 0.889. The number of rotatable bonds is 6. The van der Waals surface area contributed by atoms with Gasteiger partial charge in [-0.2, -0.15) is 0 Å². The molecule has 4 saturated carbocycles. The van der Waals surface area contributed by atoms with Crippen molar-refractivity contribution in [2.45, 2.75) is 38.5 Å². The standard InChI is InChI=1S/C18H30NO4/c1-19(2,3)4-5-22-16(20)12-23-17(21)18-9-13-6-14(10-18)8-15(7-13)11-18/h13-15H,4-12H2,1-3H3/q+1. The Kier molecular flexibility index (Phi) is 4.43. The van der Waals surface area contributed by atoms with Crippen LogP contribution in [0.1, 0.15) is 38.5 Å². The summed E-state index contributed by atoms with van der Waals surface area (Å²) in [5.41, 5.74) is -0.294. The molecule has 4 aliphatic rings. The lowest BCUT2D eigenvalue weighted by Gasteiger charge is -2.55. The van der Waals surface area contributed by atoms with Gasteiger partial charge in [0.05, 0.1) is 26.6 Å². The monoisotopic (exact) mass is 324 g/mol. The third kappa shape index (κ3) is 3.87. The maximum atomic E-state index is 12.6. The molecule has 0 unspecified atom stereocenters. The van der Waals surface area contributed by atoms with E-state index in [1.807, 2.05) is 21.1 Å². The highest BCUT2D eigenvalue weighted by Crippen LogP contribution is 2.60. The van der Waals surface area contributed by atoms with E-state index in [2.05, 4.69) is 0 Å². The molecule has 0 aromatic heterocycles. The Hall–Kier alpha value is -1.10. The molecule has 4 bridgehead atoms. The van der Waals surface area contributed by atoms with Gasteiger partial charge in [-0.1, -0.05) is 0 Å². The van der Waals surface area contributed by atoms with Gasteiger partial charge in [-0.15, -0.1) is 0 Å². The van der Waals surface area contributed by atoms with Gasteiger partial charge in [-0.3, -0.25) is 4.79 Å². The lowest BCUT2D eigenvalue weighted by Crippen LogP contribution is -2.50. The number of likely N-dealkylation sites (N-methyl/N-ethyl adjacent to an activating group) is 1. The third-order valence-electron chi connectivity index (χ3n) is 5.82. The van der Waals surface area contributed by atoms with E-state index in [4.69, 9.17) is 9.47 Å². The summed E-state index contributed by atoms with van der Waals surface area (Å²) < 4.78 is 11.2. The predicted octanol–water partition coefficient (Wildman–Crippen LogP) is 2.00. The van der Waals surface area contributed by atoms with Gasteiger partial charge in [0, 0.05) is 0 Å². The van der Waals surface area contributed by atoms with Crippen LogP contribution in [0.5, 0.6) is 0 Å². The van der Waals surface area contributed by atoms with Gasteiger partial charge < -0.3 is 14.0 Å². The fourth-order valence-corrected chi connectivity index (χ4v) is 5.11. The second kappa shape index (κ2) is 6.08. The van der Waals surface area contributed by atoms with E-state index in [1.54, 1.807) is 0 Å². The fourth-order valence-electron chi connectivity index (χ4n) is 5.11. The number of hydrogen-bond acceptors (Lipinski definition) is 4. The van der Waals surface area contributed by atoms with Crippen molar-refractivity contribution in [2.75, 3.05) is 40.9 Å². The number of hydrogen-bond donors (Lipinski definition) is 0. The Bertz CT molecular complexity index is 445. The molecule has 0 aliphatic heterocycles. The first-order chi connectivity index (χ1) is 10.8. The highest BCUT2D eigenvalue weighted by Gasteiger charge is 2.55. The molecule has 0 amide bonds. The molecule has 5 heteroatoms. The quantitative estimate of drug-likeness (QED) is 0.554. The lowest BCUT2D eigenvalue weighted by atomic mass is 9.49. The van der Waals surface area contributed by atoms with Crippen LogP contribution in [0.3, 0.4) is 0 Å². The Balaban J connectivity index is 1.45. The van der Waals surface area contributed by atoms with Crippen molar-refractivity contribution < 1.29 is 23.5 Å². The summed E-state index contributed by atoms with van der Waals surface area (Å²) in [6, 6.07) is 0. The van der Waals surface area contributed by atoms with Crippen molar-refractivity contribution in [1.29, 1.82) is 0 Å². The molecule has 4 rings (SSSR count). The molecule has 130 valence electrons. The molecule has 0 saturated heterocycles. The van der Waals surface area contributed by atoms with Crippen LogP contribution in [0.4, 0.5) is 0 Å². The summed E-state index contributed by atoms with van der Waals surface area (Å²) in [6.45, 7) is 0.865. The first kappa shape index (κ1) is 16.7. The molecule has 0 aromatic rings. The van der Waals surface area contributed by atoms with E-state index in [1.165, 1.54) is 19.3 Å². The van der Waals surface area contributed by atoms with Crippen LogP contribution in [0.2, 0.25) is 0 Å². The number of esters is 2. The van der Waals surface area contributed by atoms with Crippen LogP contribution in [0.25, 0.3) is 0 Å². The predicted molar refractivity (Wildman–Crippen MR) is 85.4 cm³/mol. The second-order valence-corrected chi connectivity index (χ2v) is 9.01. The van der Waals surface area contributed by atoms with Crippen LogP contribution in [0.15, 0.2) is 0 Å². The van der Waals surface area contributed by atoms with Crippen molar-refractivity contribution >= 4 is 11.9 Å². The van der Waals surface area contributed by atoms with Gasteiger partial charge in [0.25, 0.3) is 0 Å². The summed E-state index contributed by atoms with van der Waals surface area (Å²) >= 11 is 0. The smallest absolute Gasteiger partial charge is 0.344 e. The van der Waals surface area contributed by atoms with Crippen molar-refractivity contribution in [3.8, 4) is 0 Å². The average Bonchev–Trinajstić information content (AvgIpc) is 2.41. The average molecular weight is 324 g/mol. The minimum atomic E-state index is -0.434. The number of ether oxygens (including phenoxy) is 2. The highest BCUT2D eigenvalue weighted by molar-refractivity contribution is 5.81. The van der Waals surface area contributed by atoms with Crippen molar-refractivity contribution in [3.05, 3.63) is 0 Å². The SMILES string of the molecule is C[N+](C)(C)CCOC(=O)COC(=O)C12CC3CC(CC(C3)C1)C2. The first-order valence-corrected chi connectivity index (χ1v) is 8.89. The molecule has 4 fully saturated rings. The van der Waals surface area contributed by atoms with Crippen LogP contribution in [-0.4, -0.2) is 57.3 Å². The molecular weight excluding hydrogens is 294 g/mol. The molecule has 0 N–H and O–H groups in total. The first-order valence-electron chi connectivity index (χ1n) is 8.89. The third-order valence-corrected chi connectivity index (χ3v) is 5.82. The zero-order valence-electron chi connectivity index (χ0n) is 14.7. The Morgan fingerprint density at radius 1 is 0.957 bits per heavy atom. The summed E-state index contributed by atoms with van der Waals surface area (Å²) in [7, 11) is 6.13. The van der Waals surface area contributed by atoms with E-state index in [-0.39, 0.29) is 18.0 Å². The van der Waals surface area contributed by atoms with Crippen LogP contribution >= 0.6 is 0 Å². The Morgan fingerprint density at radius 3 is 1.96 bits per heavy atom. The van der Waals surface area contributed by atoms with Gasteiger partial charge in [0.1, 0.15) is 13.2 Å². The zero-order valence-corrected chi connectivity index (χ0v) is 14.7. The molecule has 0 heterocycles. The van der Waals surface area contributed by atoms with Gasteiger partial charge in [-0.05, 0) is 56.3 Å². The highest BCUT2D eigenvalue weighted by atomic mass is 16.6. The van der Waals surface area contributed by atoms with E-state index >= 15 is 0 Å².